The molecule has 2 nitrogen and oxygen atoms in total. The molecule has 1 N–H and O–H groups in total. The van der Waals surface area contributed by atoms with E-state index in [4.69, 9.17) is 0 Å². The smallest absolute Gasteiger partial charge is 0.315 e. The van der Waals surface area contributed by atoms with E-state index >= 15 is 0 Å². The minimum absolute atomic E-state index is 0.261. The molecule has 1 aliphatic heterocycles. The zero-order valence-electron chi connectivity index (χ0n) is 12.1. The summed E-state index contributed by atoms with van der Waals surface area (Å²) in [5, 5.41) is 3.37. The lowest BCUT2D eigenvalue weighted by atomic mass is 9.96. The van der Waals surface area contributed by atoms with Crippen molar-refractivity contribution in [1.82, 2.24) is 10.2 Å². The third-order valence-corrected chi connectivity index (χ3v) is 3.79. The molecule has 5 heteroatoms. The third-order valence-electron chi connectivity index (χ3n) is 3.79. The topological polar surface area (TPSA) is 15.3 Å². The van der Waals surface area contributed by atoms with Crippen LogP contribution in [0.4, 0.5) is 13.2 Å². The molecule has 1 saturated heterocycles. The monoisotopic (exact) mass is 280 g/mol. The highest BCUT2D eigenvalue weighted by molar-refractivity contribution is 4.77. The molecule has 0 atom stereocenters. The van der Waals surface area contributed by atoms with Gasteiger partial charge in [0.05, 0.1) is 5.92 Å². The van der Waals surface area contributed by atoms with Crippen LogP contribution in [0.15, 0.2) is 0 Å². The second kappa shape index (κ2) is 8.10. The van der Waals surface area contributed by atoms with Crippen molar-refractivity contribution in [1.29, 1.82) is 0 Å². The van der Waals surface area contributed by atoms with Gasteiger partial charge in [-0.05, 0) is 51.2 Å². The van der Waals surface area contributed by atoms with Crippen LogP contribution in [0.1, 0.15) is 39.5 Å². The Balaban J connectivity index is 2.01. The first-order valence-corrected chi connectivity index (χ1v) is 7.39. The molecule has 0 aliphatic carbocycles. The first-order valence-electron chi connectivity index (χ1n) is 7.39. The second-order valence-electron chi connectivity index (χ2n) is 5.94. The first-order chi connectivity index (χ1) is 8.89. The predicted octanol–water partition coefficient (Wildman–Crippen LogP) is 3.29. The molecule has 1 fully saturated rings. The lowest BCUT2D eigenvalue weighted by Crippen LogP contribution is -2.41. The standard InChI is InChI=1S/C14H27F3N2/c1-12(2)4-3-7-18-8-11-19-9-5-13(6-10-19)14(15,16)17/h12-13,18H,3-11H2,1-2H3. The summed E-state index contributed by atoms with van der Waals surface area (Å²) in [4.78, 5) is 2.14. The average Bonchev–Trinajstić information content (AvgIpc) is 2.32. The van der Waals surface area contributed by atoms with Crippen LogP contribution in [0, 0.1) is 11.8 Å². The van der Waals surface area contributed by atoms with Crippen LogP contribution in [-0.2, 0) is 0 Å². The summed E-state index contributed by atoms with van der Waals surface area (Å²) in [6.07, 6.45) is -1.08. The van der Waals surface area contributed by atoms with Crippen molar-refractivity contribution in [2.75, 3.05) is 32.7 Å². The maximum absolute atomic E-state index is 12.5. The van der Waals surface area contributed by atoms with Gasteiger partial charge < -0.3 is 10.2 Å². The highest BCUT2D eigenvalue weighted by Gasteiger charge is 2.40. The normalized spacial score (nSPS) is 19.3. The molecule has 1 heterocycles. The summed E-state index contributed by atoms with van der Waals surface area (Å²) in [6.45, 7) is 8.35. The van der Waals surface area contributed by atoms with Crippen molar-refractivity contribution in [2.45, 2.75) is 45.7 Å². The predicted molar refractivity (Wildman–Crippen MR) is 72.2 cm³/mol. The van der Waals surface area contributed by atoms with Crippen molar-refractivity contribution < 1.29 is 13.2 Å². The highest BCUT2D eigenvalue weighted by atomic mass is 19.4. The van der Waals surface area contributed by atoms with Crippen LogP contribution in [0.5, 0.6) is 0 Å². The molecule has 1 aliphatic rings. The molecule has 0 unspecified atom stereocenters. The Morgan fingerprint density at radius 3 is 2.32 bits per heavy atom. The largest absolute Gasteiger partial charge is 0.391 e. The Hall–Kier alpha value is -0.290. The minimum atomic E-state index is -4.00. The van der Waals surface area contributed by atoms with Gasteiger partial charge in [0.2, 0.25) is 0 Å². The summed E-state index contributed by atoms with van der Waals surface area (Å²) in [5.41, 5.74) is 0. The minimum Gasteiger partial charge on any atom is -0.315 e. The van der Waals surface area contributed by atoms with Gasteiger partial charge in [0.15, 0.2) is 0 Å². The van der Waals surface area contributed by atoms with Gasteiger partial charge in [-0.2, -0.15) is 13.2 Å². The lowest BCUT2D eigenvalue weighted by Gasteiger charge is -2.32. The van der Waals surface area contributed by atoms with E-state index in [2.05, 4.69) is 24.1 Å². The fourth-order valence-electron chi connectivity index (χ4n) is 2.48. The molecule has 0 amide bonds. The van der Waals surface area contributed by atoms with E-state index in [0.717, 1.165) is 25.6 Å². The van der Waals surface area contributed by atoms with Crippen molar-refractivity contribution in [2.24, 2.45) is 11.8 Å². The van der Waals surface area contributed by atoms with E-state index < -0.39 is 12.1 Å². The Labute approximate surface area is 114 Å². The summed E-state index contributed by atoms with van der Waals surface area (Å²) in [6, 6.07) is 0. The van der Waals surface area contributed by atoms with E-state index in [1.807, 2.05) is 0 Å². The van der Waals surface area contributed by atoms with Gasteiger partial charge in [-0.25, -0.2) is 0 Å². The van der Waals surface area contributed by atoms with Crippen molar-refractivity contribution in [3.8, 4) is 0 Å². The second-order valence-corrected chi connectivity index (χ2v) is 5.94. The molecule has 0 saturated carbocycles. The molecule has 0 aromatic heterocycles. The van der Waals surface area contributed by atoms with Gasteiger partial charge in [-0.15, -0.1) is 0 Å². The fraction of sp³-hybridized carbons (Fsp3) is 1.00. The van der Waals surface area contributed by atoms with Crippen LogP contribution in [0.3, 0.4) is 0 Å². The molecule has 19 heavy (non-hydrogen) atoms. The van der Waals surface area contributed by atoms with E-state index in [-0.39, 0.29) is 12.8 Å². The molecule has 0 aromatic carbocycles. The third kappa shape index (κ3) is 7.16. The number of piperidine rings is 1. The molecule has 1 rings (SSSR count). The van der Waals surface area contributed by atoms with Gasteiger partial charge >= 0.3 is 6.18 Å². The fourth-order valence-corrected chi connectivity index (χ4v) is 2.48. The molecule has 114 valence electrons. The summed E-state index contributed by atoms with van der Waals surface area (Å²) in [7, 11) is 0. The van der Waals surface area contributed by atoms with Crippen molar-refractivity contribution in [3.63, 3.8) is 0 Å². The number of nitrogens with one attached hydrogen (secondary N) is 1. The average molecular weight is 280 g/mol. The number of rotatable bonds is 7. The number of hydrogen-bond acceptors (Lipinski definition) is 2. The molecule has 0 radical (unpaired) electrons. The maximum atomic E-state index is 12.5. The van der Waals surface area contributed by atoms with Gasteiger partial charge in [0.1, 0.15) is 0 Å². The molecule has 0 bridgehead atoms. The molecular weight excluding hydrogens is 253 g/mol. The Morgan fingerprint density at radius 1 is 1.16 bits per heavy atom. The number of likely N-dealkylation sites (tertiary alicyclic amines) is 1. The number of nitrogens with zero attached hydrogens (tertiary/aromatic N) is 1. The summed E-state index contributed by atoms with van der Waals surface area (Å²) < 4.78 is 37.5. The van der Waals surface area contributed by atoms with Crippen molar-refractivity contribution in [3.05, 3.63) is 0 Å². The lowest BCUT2D eigenvalue weighted by molar-refractivity contribution is -0.184. The van der Waals surface area contributed by atoms with Gasteiger partial charge in [0.25, 0.3) is 0 Å². The Kier molecular flexibility index (Phi) is 7.15. The van der Waals surface area contributed by atoms with E-state index in [1.165, 1.54) is 12.8 Å². The maximum Gasteiger partial charge on any atom is 0.391 e. The van der Waals surface area contributed by atoms with E-state index in [0.29, 0.717) is 13.1 Å². The quantitative estimate of drug-likeness (QED) is 0.720. The summed E-state index contributed by atoms with van der Waals surface area (Å²) >= 11 is 0. The zero-order valence-corrected chi connectivity index (χ0v) is 12.1. The molecule has 0 spiro atoms. The van der Waals surface area contributed by atoms with Crippen LogP contribution in [0.25, 0.3) is 0 Å². The number of alkyl halides is 3. The van der Waals surface area contributed by atoms with Crippen LogP contribution in [0.2, 0.25) is 0 Å². The Bertz CT molecular complexity index is 233. The van der Waals surface area contributed by atoms with Crippen LogP contribution < -0.4 is 5.32 Å². The van der Waals surface area contributed by atoms with Gasteiger partial charge in [-0.3, -0.25) is 0 Å². The first kappa shape index (κ1) is 16.8. The van der Waals surface area contributed by atoms with E-state index in [1.54, 1.807) is 0 Å². The highest BCUT2D eigenvalue weighted by Crippen LogP contribution is 2.33. The zero-order chi connectivity index (χ0) is 14.3. The Morgan fingerprint density at radius 2 is 1.79 bits per heavy atom. The van der Waals surface area contributed by atoms with Crippen LogP contribution >= 0.6 is 0 Å². The van der Waals surface area contributed by atoms with Crippen molar-refractivity contribution >= 4 is 0 Å². The van der Waals surface area contributed by atoms with Gasteiger partial charge in [0, 0.05) is 13.1 Å². The number of halogens is 3. The summed E-state index contributed by atoms with van der Waals surface area (Å²) in [5.74, 6) is -0.342. The molecular formula is C14H27F3N2. The SMILES string of the molecule is CC(C)CCCNCCN1CCC(C(F)(F)F)CC1. The molecule has 0 aromatic rings. The van der Waals surface area contributed by atoms with Crippen LogP contribution in [-0.4, -0.2) is 43.8 Å². The van der Waals surface area contributed by atoms with E-state index in [9.17, 15) is 13.2 Å². The van der Waals surface area contributed by atoms with Gasteiger partial charge in [-0.1, -0.05) is 13.8 Å². The number of hydrogen-bond donors (Lipinski definition) is 1.